The third-order valence-electron chi connectivity index (χ3n) is 5.36. The maximum atomic E-state index is 12.5. The Kier molecular flexibility index (Phi) is 9.54. The van der Waals surface area contributed by atoms with Crippen molar-refractivity contribution in [3.63, 3.8) is 0 Å². The first-order valence-corrected chi connectivity index (χ1v) is 11.9. The van der Waals surface area contributed by atoms with Crippen molar-refractivity contribution >= 4 is 29.0 Å². The van der Waals surface area contributed by atoms with Gasteiger partial charge >= 0.3 is 11.9 Å². The molecule has 3 aromatic carbocycles. The lowest BCUT2D eigenvalue weighted by atomic mass is 10.2. The Morgan fingerprint density at radius 3 is 1.74 bits per heavy atom. The van der Waals surface area contributed by atoms with Gasteiger partial charge < -0.3 is 14.4 Å². The van der Waals surface area contributed by atoms with E-state index in [2.05, 4.69) is 29.0 Å². The zero-order valence-corrected chi connectivity index (χ0v) is 20.4. The topological polar surface area (TPSA) is 80.6 Å². The van der Waals surface area contributed by atoms with Gasteiger partial charge in [-0.1, -0.05) is 13.3 Å². The van der Waals surface area contributed by atoms with Crippen LogP contribution in [0.3, 0.4) is 0 Å². The second-order valence-corrected chi connectivity index (χ2v) is 7.87. The number of rotatable bonds is 11. The summed E-state index contributed by atoms with van der Waals surface area (Å²) in [5, 5.41) is 8.52. The lowest BCUT2D eigenvalue weighted by Gasteiger charge is -2.20. The summed E-state index contributed by atoms with van der Waals surface area (Å²) in [5.74, 6) is 0.0160. The molecule has 7 nitrogen and oxygen atoms in total. The lowest BCUT2D eigenvalue weighted by molar-refractivity contribution is -0.134. The Morgan fingerprint density at radius 1 is 0.714 bits per heavy atom. The zero-order chi connectivity index (χ0) is 25.0. The molecule has 0 radical (unpaired) electrons. The van der Waals surface area contributed by atoms with Crippen LogP contribution >= 0.6 is 0 Å². The van der Waals surface area contributed by atoms with E-state index in [4.69, 9.17) is 9.47 Å². The normalized spacial score (nSPS) is 10.8. The van der Waals surface area contributed by atoms with Crippen molar-refractivity contribution in [3.8, 4) is 11.5 Å². The predicted molar refractivity (Wildman–Crippen MR) is 137 cm³/mol. The first-order chi connectivity index (χ1) is 17.0. The average Bonchev–Trinajstić information content (AvgIpc) is 2.89. The van der Waals surface area contributed by atoms with Crippen molar-refractivity contribution in [1.82, 2.24) is 0 Å². The largest absolute Gasteiger partial charge is 0.427 e. The van der Waals surface area contributed by atoms with E-state index in [-0.39, 0.29) is 5.97 Å². The van der Waals surface area contributed by atoms with Crippen LogP contribution in [0.5, 0.6) is 11.5 Å². The summed E-state index contributed by atoms with van der Waals surface area (Å²) in [5.41, 5.74) is 2.93. The summed E-state index contributed by atoms with van der Waals surface area (Å²) in [7, 11) is 0. The number of nitrogens with zero attached hydrogens (tertiary/aromatic N) is 3. The number of unbranched alkanes of at least 4 members (excludes halogenated alkanes) is 1. The minimum absolute atomic E-state index is 0.273. The molecule has 182 valence electrons. The minimum atomic E-state index is -0.492. The number of anilines is 1. The molecule has 0 aliphatic rings. The molecule has 0 atom stereocenters. The van der Waals surface area contributed by atoms with Gasteiger partial charge in [0.2, 0.25) is 0 Å². The highest BCUT2D eigenvalue weighted by molar-refractivity contribution is 5.91. The molecule has 0 aliphatic heterocycles. The van der Waals surface area contributed by atoms with E-state index < -0.39 is 5.97 Å². The lowest BCUT2D eigenvalue weighted by Crippen LogP contribution is -2.21. The maximum Gasteiger partial charge on any atom is 0.343 e. The Balaban J connectivity index is 1.54. The summed E-state index contributed by atoms with van der Waals surface area (Å²) >= 11 is 0. The summed E-state index contributed by atoms with van der Waals surface area (Å²) in [4.78, 5) is 26.4. The molecular formula is C28H31N3O4. The van der Waals surface area contributed by atoms with Gasteiger partial charge in [-0.05, 0) is 93.1 Å². The van der Waals surface area contributed by atoms with Crippen LogP contribution in [0.4, 0.5) is 17.1 Å². The van der Waals surface area contributed by atoms with Crippen LogP contribution in [0.2, 0.25) is 0 Å². The number of ether oxygens (including phenoxy) is 2. The van der Waals surface area contributed by atoms with Crippen molar-refractivity contribution in [3.05, 3.63) is 78.4 Å². The van der Waals surface area contributed by atoms with Crippen LogP contribution in [-0.4, -0.2) is 25.0 Å². The fraction of sp³-hybridized carbons (Fsp3) is 0.286. The van der Waals surface area contributed by atoms with Crippen molar-refractivity contribution < 1.29 is 19.1 Å². The van der Waals surface area contributed by atoms with Crippen LogP contribution < -0.4 is 14.4 Å². The number of carbonyl (C=O) groups is 2. The van der Waals surface area contributed by atoms with E-state index in [1.54, 1.807) is 48.5 Å². The molecule has 35 heavy (non-hydrogen) atoms. The van der Waals surface area contributed by atoms with E-state index >= 15 is 0 Å². The molecule has 0 saturated heterocycles. The summed E-state index contributed by atoms with van der Waals surface area (Å²) in [6.07, 6.45) is 2.10. The van der Waals surface area contributed by atoms with E-state index in [9.17, 15) is 9.59 Å². The summed E-state index contributed by atoms with van der Waals surface area (Å²) < 4.78 is 10.7. The second kappa shape index (κ2) is 13.0. The molecule has 0 bridgehead atoms. The molecule has 0 aromatic heterocycles. The SMILES string of the molecule is CCCCC(=O)Oc1ccc(OC(=O)c2ccc(N=Nc3ccc(N(CC)CC)cc3)cc2)cc1. The zero-order valence-electron chi connectivity index (χ0n) is 20.4. The van der Waals surface area contributed by atoms with Gasteiger partial charge in [0.15, 0.2) is 0 Å². The van der Waals surface area contributed by atoms with Crippen molar-refractivity contribution in [2.75, 3.05) is 18.0 Å². The highest BCUT2D eigenvalue weighted by atomic mass is 16.5. The highest BCUT2D eigenvalue weighted by Crippen LogP contribution is 2.23. The number of carbonyl (C=O) groups excluding carboxylic acids is 2. The smallest absolute Gasteiger partial charge is 0.343 e. The number of hydrogen-bond acceptors (Lipinski definition) is 7. The maximum absolute atomic E-state index is 12.5. The quantitative estimate of drug-likeness (QED) is 0.166. The van der Waals surface area contributed by atoms with Gasteiger partial charge in [-0.2, -0.15) is 10.2 Å². The fourth-order valence-corrected chi connectivity index (χ4v) is 3.34. The number of esters is 2. The fourth-order valence-electron chi connectivity index (χ4n) is 3.34. The van der Waals surface area contributed by atoms with Gasteiger partial charge in [0, 0.05) is 25.2 Å². The second-order valence-electron chi connectivity index (χ2n) is 7.87. The number of azo groups is 1. The monoisotopic (exact) mass is 473 g/mol. The van der Waals surface area contributed by atoms with Crippen LogP contribution in [0.1, 0.15) is 50.4 Å². The van der Waals surface area contributed by atoms with Gasteiger partial charge in [-0.15, -0.1) is 0 Å². The van der Waals surface area contributed by atoms with Crippen molar-refractivity contribution in [1.29, 1.82) is 0 Å². The van der Waals surface area contributed by atoms with E-state index in [0.29, 0.717) is 29.2 Å². The molecule has 0 amide bonds. The van der Waals surface area contributed by atoms with Crippen molar-refractivity contribution in [2.24, 2.45) is 10.2 Å². The van der Waals surface area contributed by atoms with Gasteiger partial charge in [-0.25, -0.2) is 4.79 Å². The highest BCUT2D eigenvalue weighted by Gasteiger charge is 2.10. The third-order valence-corrected chi connectivity index (χ3v) is 5.36. The molecule has 0 spiro atoms. The molecule has 0 heterocycles. The molecular weight excluding hydrogens is 442 g/mol. The predicted octanol–water partition coefficient (Wildman–Crippen LogP) is 7.26. The molecule has 0 unspecified atom stereocenters. The van der Waals surface area contributed by atoms with Crippen LogP contribution in [0.15, 0.2) is 83.0 Å². The summed E-state index contributed by atoms with van der Waals surface area (Å²) in [6.45, 7) is 8.17. The minimum Gasteiger partial charge on any atom is -0.427 e. The van der Waals surface area contributed by atoms with E-state index in [1.807, 2.05) is 31.2 Å². The Bertz CT molecular complexity index is 1120. The van der Waals surface area contributed by atoms with Gasteiger partial charge in [0.1, 0.15) is 11.5 Å². The number of benzene rings is 3. The first kappa shape index (κ1) is 25.6. The number of hydrogen-bond donors (Lipinski definition) is 0. The third kappa shape index (κ3) is 7.78. The molecule has 0 fully saturated rings. The van der Waals surface area contributed by atoms with Crippen LogP contribution in [0.25, 0.3) is 0 Å². The molecule has 7 heteroatoms. The molecule has 3 aromatic rings. The standard InChI is InChI=1S/C28H31N3O4/c1-4-7-8-27(32)34-25-17-19-26(20-18-25)35-28(33)21-9-11-22(12-10-21)29-30-23-13-15-24(16-14-23)31(5-2)6-3/h9-20H,4-8H2,1-3H3. The Hall–Kier alpha value is -4.00. The van der Waals surface area contributed by atoms with Crippen molar-refractivity contribution in [2.45, 2.75) is 40.0 Å². The van der Waals surface area contributed by atoms with Gasteiger partial charge in [-0.3, -0.25) is 4.79 Å². The average molecular weight is 474 g/mol. The van der Waals surface area contributed by atoms with E-state index in [1.165, 1.54) is 0 Å². The molecule has 0 aliphatic carbocycles. The molecule has 3 rings (SSSR count). The summed E-state index contributed by atoms with van der Waals surface area (Å²) in [6, 6.07) is 21.0. The Morgan fingerprint density at radius 2 is 1.23 bits per heavy atom. The van der Waals surface area contributed by atoms with Gasteiger partial charge in [0.05, 0.1) is 16.9 Å². The Labute approximate surface area is 206 Å². The van der Waals surface area contributed by atoms with E-state index in [0.717, 1.165) is 37.3 Å². The van der Waals surface area contributed by atoms with Gasteiger partial charge in [0.25, 0.3) is 0 Å². The molecule has 0 N–H and O–H groups in total. The van der Waals surface area contributed by atoms with Crippen LogP contribution in [-0.2, 0) is 4.79 Å². The van der Waals surface area contributed by atoms with Crippen LogP contribution in [0, 0.1) is 0 Å². The molecule has 0 saturated carbocycles. The first-order valence-electron chi connectivity index (χ1n) is 11.9.